The van der Waals surface area contributed by atoms with E-state index in [9.17, 15) is 0 Å². The van der Waals surface area contributed by atoms with Crippen LogP contribution in [-0.4, -0.2) is 19.2 Å². The number of nitrogens with two attached hydrogens (primary N) is 1. The molecule has 1 aliphatic carbocycles. The van der Waals surface area contributed by atoms with Crippen molar-refractivity contribution in [2.24, 2.45) is 5.92 Å². The summed E-state index contributed by atoms with van der Waals surface area (Å²) in [7, 11) is 1.64. The zero-order valence-corrected chi connectivity index (χ0v) is 11.1. The van der Waals surface area contributed by atoms with Gasteiger partial charge in [0.05, 0.1) is 30.6 Å². The van der Waals surface area contributed by atoms with E-state index in [0.717, 1.165) is 23.9 Å². The molecule has 1 heterocycles. The van der Waals surface area contributed by atoms with E-state index >= 15 is 0 Å². The predicted octanol–water partition coefficient (Wildman–Crippen LogP) is 2.16. The van der Waals surface area contributed by atoms with Crippen molar-refractivity contribution in [1.29, 1.82) is 0 Å². The average molecular weight is 247 g/mol. The SMILES string of the molecule is COc1ccc(N2CC3(CCC(C)C3)N2)cc1N. The fourth-order valence-corrected chi connectivity index (χ4v) is 3.26. The topological polar surface area (TPSA) is 50.5 Å². The van der Waals surface area contributed by atoms with Gasteiger partial charge in [-0.15, -0.1) is 0 Å². The number of nitrogens with zero attached hydrogens (tertiary/aromatic N) is 1. The van der Waals surface area contributed by atoms with E-state index in [0.29, 0.717) is 11.2 Å². The van der Waals surface area contributed by atoms with Crippen LogP contribution in [0.1, 0.15) is 26.2 Å². The largest absolute Gasteiger partial charge is 0.495 e. The molecule has 4 heteroatoms. The molecule has 1 saturated heterocycles. The molecule has 2 atom stereocenters. The fraction of sp³-hybridized carbons (Fsp3) is 0.571. The third-order valence-electron chi connectivity index (χ3n) is 4.21. The normalized spacial score (nSPS) is 30.6. The number of ether oxygens (including phenoxy) is 1. The van der Waals surface area contributed by atoms with E-state index in [1.54, 1.807) is 7.11 Å². The van der Waals surface area contributed by atoms with E-state index in [2.05, 4.69) is 17.4 Å². The van der Waals surface area contributed by atoms with Crippen molar-refractivity contribution in [3.05, 3.63) is 18.2 Å². The molecular weight excluding hydrogens is 226 g/mol. The van der Waals surface area contributed by atoms with Crippen LogP contribution in [0.2, 0.25) is 0 Å². The first-order chi connectivity index (χ1) is 8.62. The van der Waals surface area contributed by atoms with E-state index in [1.165, 1.54) is 19.3 Å². The first-order valence-electron chi connectivity index (χ1n) is 6.61. The summed E-state index contributed by atoms with van der Waals surface area (Å²) in [6.07, 6.45) is 3.91. The molecule has 2 unspecified atom stereocenters. The summed E-state index contributed by atoms with van der Waals surface area (Å²) in [5, 5.41) is 2.19. The molecule has 1 aliphatic heterocycles. The maximum Gasteiger partial charge on any atom is 0.141 e. The summed E-state index contributed by atoms with van der Waals surface area (Å²) in [6.45, 7) is 3.42. The van der Waals surface area contributed by atoms with Gasteiger partial charge < -0.3 is 15.5 Å². The molecule has 3 rings (SSSR count). The van der Waals surface area contributed by atoms with Crippen LogP contribution in [0.25, 0.3) is 0 Å². The summed E-state index contributed by atoms with van der Waals surface area (Å²) in [6, 6.07) is 5.94. The summed E-state index contributed by atoms with van der Waals surface area (Å²) in [5.41, 5.74) is 11.7. The van der Waals surface area contributed by atoms with E-state index in [4.69, 9.17) is 10.5 Å². The Kier molecular flexibility index (Phi) is 2.63. The highest BCUT2D eigenvalue weighted by atomic mass is 16.5. The molecule has 1 aromatic rings. The molecule has 18 heavy (non-hydrogen) atoms. The average Bonchev–Trinajstić information content (AvgIpc) is 2.69. The van der Waals surface area contributed by atoms with Crippen LogP contribution in [0, 0.1) is 5.92 Å². The van der Waals surface area contributed by atoms with Crippen LogP contribution in [0.15, 0.2) is 18.2 Å². The van der Waals surface area contributed by atoms with Crippen LogP contribution in [0.5, 0.6) is 5.75 Å². The smallest absolute Gasteiger partial charge is 0.141 e. The highest BCUT2D eigenvalue weighted by molar-refractivity contribution is 5.64. The van der Waals surface area contributed by atoms with Gasteiger partial charge in [0, 0.05) is 0 Å². The number of benzene rings is 1. The van der Waals surface area contributed by atoms with Crippen molar-refractivity contribution in [2.75, 3.05) is 24.4 Å². The van der Waals surface area contributed by atoms with Gasteiger partial charge in [0.25, 0.3) is 0 Å². The van der Waals surface area contributed by atoms with Crippen molar-refractivity contribution < 1.29 is 4.74 Å². The van der Waals surface area contributed by atoms with Gasteiger partial charge in [-0.25, -0.2) is 5.43 Å². The molecule has 0 amide bonds. The Hall–Kier alpha value is -1.42. The minimum absolute atomic E-state index is 0.355. The lowest BCUT2D eigenvalue weighted by Crippen LogP contribution is -2.71. The van der Waals surface area contributed by atoms with Crippen LogP contribution >= 0.6 is 0 Å². The predicted molar refractivity (Wildman–Crippen MR) is 73.6 cm³/mol. The summed E-state index contributed by atoms with van der Waals surface area (Å²) >= 11 is 0. The van der Waals surface area contributed by atoms with Crippen molar-refractivity contribution >= 4 is 11.4 Å². The Morgan fingerprint density at radius 3 is 2.83 bits per heavy atom. The van der Waals surface area contributed by atoms with Crippen molar-refractivity contribution in [3.8, 4) is 5.75 Å². The second-order valence-electron chi connectivity index (χ2n) is 5.75. The van der Waals surface area contributed by atoms with Crippen molar-refractivity contribution in [2.45, 2.75) is 31.7 Å². The molecule has 1 spiro atoms. The van der Waals surface area contributed by atoms with E-state index in [-0.39, 0.29) is 0 Å². The van der Waals surface area contributed by atoms with Gasteiger partial charge in [-0.2, -0.15) is 0 Å². The number of methoxy groups -OCH3 is 1. The lowest BCUT2D eigenvalue weighted by Gasteiger charge is -2.50. The number of rotatable bonds is 2. The number of nitrogen functional groups attached to an aromatic ring is 1. The molecule has 4 nitrogen and oxygen atoms in total. The third-order valence-corrected chi connectivity index (χ3v) is 4.21. The number of hydrazine groups is 1. The van der Waals surface area contributed by atoms with Gasteiger partial charge >= 0.3 is 0 Å². The Morgan fingerprint density at radius 1 is 1.50 bits per heavy atom. The molecule has 2 fully saturated rings. The fourth-order valence-electron chi connectivity index (χ4n) is 3.26. The molecule has 98 valence electrons. The molecule has 3 N–H and O–H groups in total. The van der Waals surface area contributed by atoms with Gasteiger partial charge in [-0.3, -0.25) is 0 Å². The molecule has 2 aliphatic rings. The monoisotopic (exact) mass is 247 g/mol. The Bertz CT molecular complexity index is 454. The number of hydrogen-bond acceptors (Lipinski definition) is 4. The van der Waals surface area contributed by atoms with Gasteiger partial charge in [0.15, 0.2) is 0 Å². The summed E-state index contributed by atoms with van der Waals surface area (Å²) in [4.78, 5) is 0. The lowest BCUT2D eigenvalue weighted by molar-refractivity contribution is 0.217. The molecule has 0 bridgehead atoms. The Balaban J connectivity index is 1.70. The van der Waals surface area contributed by atoms with Gasteiger partial charge in [-0.1, -0.05) is 6.92 Å². The van der Waals surface area contributed by atoms with Gasteiger partial charge in [-0.05, 0) is 43.4 Å². The van der Waals surface area contributed by atoms with Crippen LogP contribution < -0.4 is 20.9 Å². The van der Waals surface area contributed by atoms with E-state index < -0.39 is 0 Å². The number of hydrogen-bond donors (Lipinski definition) is 2. The number of nitrogens with one attached hydrogen (secondary N) is 1. The molecular formula is C14H21N3O. The molecule has 0 radical (unpaired) electrons. The standard InChI is InChI=1S/C14H21N3O/c1-10-5-6-14(8-10)9-17(16-14)11-3-4-13(18-2)12(15)7-11/h3-4,7,10,16H,5-6,8-9,15H2,1-2H3. The number of anilines is 2. The zero-order chi connectivity index (χ0) is 12.8. The quantitative estimate of drug-likeness (QED) is 0.786. The van der Waals surface area contributed by atoms with Crippen LogP contribution in [0.3, 0.4) is 0 Å². The first kappa shape index (κ1) is 11.7. The first-order valence-corrected chi connectivity index (χ1v) is 6.61. The van der Waals surface area contributed by atoms with Crippen molar-refractivity contribution in [3.63, 3.8) is 0 Å². The van der Waals surface area contributed by atoms with Gasteiger partial charge in [0.2, 0.25) is 0 Å². The second kappa shape index (κ2) is 4.05. The molecule has 0 aromatic heterocycles. The molecule has 1 saturated carbocycles. The summed E-state index contributed by atoms with van der Waals surface area (Å²) in [5.74, 6) is 1.59. The minimum Gasteiger partial charge on any atom is -0.495 e. The zero-order valence-electron chi connectivity index (χ0n) is 11.1. The van der Waals surface area contributed by atoms with Gasteiger partial charge in [0.1, 0.15) is 5.75 Å². The Labute approximate surface area is 108 Å². The third kappa shape index (κ3) is 1.81. The van der Waals surface area contributed by atoms with E-state index in [1.807, 2.05) is 18.2 Å². The highest BCUT2D eigenvalue weighted by Crippen LogP contribution is 2.41. The van der Waals surface area contributed by atoms with Crippen LogP contribution in [0.4, 0.5) is 11.4 Å². The summed E-state index contributed by atoms with van der Waals surface area (Å²) < 4.78 is 5.17. The molecule has 1 aromatic carbocycles. The minimum atomic E-state index is 0.355. The lowest BCUT2D eigenvalue weighted by atomic mass is 9.92. The highest BCUT2D eigenvalue weighted by Gasteiger charge is 2.46. The second-order valence-corrected chi connectivity index (χ2v) is 5.75. The van der Waals surface area contributed by atoms with Crippen molar-refractivity contribution in [1.82, 2.24) is 5.43 Å². The Morgan fingerprint density at radius 2 is 2.28 bits per heavy atom. The maximum absolute atomic E-state index is 5.94. The maximum atomic E-state index is 5.94. The van der Waals surface area contributed by atoms with Crippen LogP contribution in [-0.2, 0) is 0 Å².